The maximum Gasteiger partial charge on any atom is 0.135 e. The summed E-state index contributed by atoms with van der Waals surface area (Å²) in [4.78, 5) is 4.31. The van der Waals surface area contributed by atoms with E-state index in [9.17, 15) is 4.39 Å². The summed E-state index contributed by atoms with van der Waals surface area (Å²) in [6.07, 6.45) is 1.68. The second kappa shape index (κ2) is 5.01. The molecule has 0 bridgehead atoms. The number of aromatic nitrogens is 3. The number of aryl methyl sites for hydroxylation is 2. The molecular weight excluding hydrogens is 267 g/mol. The van der Waals surface area contributed by atoms with Gasteiger partial charge in [0.05, 0.1) is 11.3 Å². The number of rotatable bonds is 2. The summed E-state index contributed by atoms with van der Waals surface area (Å²) >= 11 is 0. The molecule has 0 amide bonds. The molecule has 1 aromatic carbocycles. The standard InChI is InChI=1S/C16H15FN4/c1-10-6-5-7-11(14(10)17)15-13(16(18)21(2)20-15)12-8-3-4-9-19-12/h3-9H,18H2,1-2H3. The lowest BCUT2D eigenvalue weighted by Gasteiger charge is -2.06. The van der Waals surface area contributed by atoms with Crippen LogP contribution >= 0.6 is 0 Å². The normalized spacial score (nSPS) is 10.8. The summed E-state index contributed by atoms with van der Waals surface area (Å²) in [5.41, 5.74) is 8.95. The maximum absolute atomic E-state index is 14.4. The van der Waals surface area contributed by atoms with Crippen LogP contribution in [0.3, 0.4) is 0 Å². The first-order valence-corrected chi connectivity index (χ1v) is 6.59. The number of nitrogens with two attached hydrogens (primary N) is 1. The van der Waals surface area contributed by atoms with Crippen molar-refractivity contribution in [2.45, 2.75) is 6.92 Å². The lowest BCUT2D eigenvalue weighted by atomic mass is 10.0. The van der Waals surface area contributed by atoms with Crippen LogP contribution in [0.25, 0.3) is 22.5 Å². The van der Waals surface area contributed by atoms with Gasteiger partial charge < -0.3 is 5.73 Å². The third-order valence-electron chi connectivity index (χ3n) is 3.46. The van der Waals surface area contributed by atoms with Gasteiger partial charge in [-0.15, -0.1) is 0 Å². The minimum atomic E-state index is -0.284. The van der Waals surface area contributed by atoms with Gasteiger partial charge in [-0.3, -0.25) is 9.67 Å². The summed E-state index contributed by atoms with van der Waals surface area (Å²) in [6, 6.07) is 10.8. The van der Waals surface area contributed by atoms with E-state index in [4.69, 9.17) is 5.73 Å². The maximum atomic E-state index is 14.4. The van der Waals surface area contributed by atoms with E-state index >= 15 is 0 Å². The van der Waals surface area contributed by atoms with E-state index in [2.05, 4.69) is 10.1 Å². The van der Waals surface area contributed by atoms with Gasteiger partial charge in [-0.2, -0.15) is 5.10 Å². The third kappa shape index (κ3) is 2.16. The first-order chi connectivity index (χ1) is 10.1. The highest BCUT2D eigenvalue weighted by Crippen LogP contribution is 2.36. The van der Waals surface area contributed by atoms with Crippen molar-refractivity contribution in [3.8, 4) is 22.5 Å². The Hall–Kier alpha value is -2.69. The molecule has 5 heteroatoms. The summed E-state index contributed by atoms with van der Waals surface area (Å²) in [6.45, 7) is 1.73. The van der Waals surface area contributed by atoms with Crippen molar-refractivity contribution in [1.29, 1.82) is 0 Å². The van der Waals surface area contributed by atoms with Gasteiger partial charge in [0.25, 0.3) is 0 Å². The molecule has 4 nitrogen and oxygen atoms in total. The van der Waals surface area contributed by atoms with Crippen LogP contribution in [-0.2, 0) is 7.05 Å². The molecule has 0 radical (unpaired) electrons. The second-order valence-electron chi connectivity index (χ2n) is 4.88. The van der Waals surface area contributed by atoms with Crippen molar-refractivity contribution in [3.05, 3.63) is 54.0 Å². The van der Waals surface area contributed by atoms with Crippen molar-refractivity contribution in [1.82, 2.24) is 14.8 Å². The summed E-state index contributed by atoms with van der Waals surface area (Å²) < 4.78 is 16.0. The molecule has 0 aliphatic carbocycles. The number of nitrogen functional groups attached to an aromatic ring is 1. The fourth-order valence-corrected chi connectivity index (χ4v) is 2.32. The van der Waals surface area contributed by atoms with Gasteiger partial charge in [0.15, 0.2) is 0 Å². The third-order valence-corrected chi connectivity index (χ3v) is 3.46. The average Bonchev–Trinajstić information content (AvgIpc) is 2.78. The molecule has 0 fully saturated rings. The van der Waals surface area contributed by atoms with Crippen molar-refractivity contribution < 1.29 is 4.39 Å². The lowest BCUT2D eigenvalue weighted by Crippen LogP contribution is -1.98. The van der Waals surface area contributed by atoms with Crippen molar-refractivity contribution in [2.75, 3.05) is 5.73 Å². The number of benzene rings is 1. The van der Waals surface area contributed by atoms with Crippen LogP contribution in [0, 0.1) is 12.7 Å². The Morgan fingerprint density at radius 3 is 2.67 bits per heavy atom. The van der Waals surface area contributed by atoms with E-state index in [0.717, 1.165) is 0 Å². The van der Waals surface area contributed by atoms with Crippen LogP contribution in [0.2, 0.25) is 0 Å². The molecule has 106 valence electrons. The summed E-state index contributed by atoms with van der Waals surface area (Å²) in [7, 11) is 1.74. The highest BCUT2D eigenvalue weighted by Gasteiger charge is 2.21. The predicted molar refractivity (Wildman–Crippen MR) is 81.0 cm³/mol. The molecule has 2 heterocycles. The van der Waals surface area contributed by atoms with Gasteiger partial charge in [0.2, 0.25) is 0 Å². The highest BCUT2D eigenvalue weighted by atomic mass is 19.1. The molecule has 21 heavy (non-hydrogen) atoms. The molecule has 0 saturated carbocycles. The summed E-state index contributed by atoms with van der Waals surface area (Å²) in [5.74, 6) is 0.178. The average molecular weight is 282 g/mol. The number of halogens is 1. The Kier molecular flexibility index (Phi) is 3.17. The van der Waals surface area contributed by atoms with Crippen LogP contribution in [0.1, 0.15) is 5.56 Å². The lowest BCUT2D eigenvalue weighted by molar-refractivity contribution is 0.621. The molecule has 3 aromatic rings. The van der Waals surface area contributed by atoms with E-state index in [0.29, 0.717) is 33.9 Å². The fraction of sp³-hybridized carbons (Fsp3) is 0.125. The van der Waals surface area contributed by atoms with E-state index in [1.54, 1.807) is 43.0 Å². The SMILES string of the molecule is Cc1cccc(-c2nn(C)c(N)c2-c2ccccn2)c1F. The van der Waals surface area contributed by atoms with Gasteiger partial charge >= 0.3 is 0 Å². The molecule has 0 unspecified atom stereocenters. The van der Waals surface area contributed by atoms with Crippen LogP contribution in [-0.4, -0.2) is 14.8 Å². The largest absolute Gasteiger partial charge is 0.383 e. The number of hydrogen-bond acceptors (Lipinski definition) is 3. The smallest absolute Gasteiger partial charge is 0.135 e. The first kappa shape index (κ1) is 13.3. The minimum Gasteiger partial charge on any atom is -0.383 e. The van der Waals surface area contributed by atoms with E-state index in [1.807, 2.05) is 18.2 Å². The zero-order valence-electron chi connectivity index (χ0n) is 11.8. The number of hydrogen-bond donors (Lipinski definition) is 1. The Balaban J connectivity index is 2.30. The van der Waals surface area contributed by atoms with E-state index in [1.165, 1.54) is 0 Å². The Labute approximate surface area is 122 Å². The number of pyridine rings is 1. The van der Waals surface area contributed by atoms with E-state index < -0.39 is 0 Å². The van der Waals surface area contributed by atoms with Gasteiger partial charge in [-0.05, 0) is 30.7 Å². The monoisotopic (exact) mass is 282 g/mol. The van der Waals surface area contributed by atoms with Crippen LogP contribution in [0.4, 0.5) is 10.2 Å². The number of anilines is 1. The second-order valence-corrected chi connectivity index (χ2v) is 4.88. The fourth-order valence-electron chi connectivity index (χ4n) is 2.32. The van der Waals surface area contributed by atoms with Crippen LogP contribution < -0.4 is 5.73 Å². The van der Waals surface area contributed by atoms with Crippen LogP contribution in [0.5, 0.6) is 0 Å². The van der Waals surface area contributed by atoms with Crippen molar-refractivity contribution in [2.24, 2.45) is 7.05 Å². The molecule has 2 aromatic heterocycles. The van der Waals surface area contributed by atoms with Gasteiger partial charge in [-0.25, -0.2) is 4.39 Å². The quantitative estimate of drug-likeness (QED) is 0.785. The zero-order valence-corrected chi connectivity index (χ0v) is 11.8. The first-order valence-electron chi connectivity index (χ1n) is 6.59. The molecule has 2 N–H and O–H groups in total. The Morgan fingerprint density at radius 1 is 1.14 bits per heavy atom. The molecule has 0 atom stereocenters. The predicted octanol–water partition coefficient (Wildman–Crippen LogP) is 3.18. The minimum absolute atomic E-state index is 0.284. The van der Waals surface area contributed by atoms with Crippen molar-refractivity contribution >= 4 is 5.82 Å². The summed E-state index contributed by atoms with van der Waals surface area (Å²) in [5, 5.41) is 4.37. The molecule has 0 aliphatic heterocycles. The van der Waals surface area contributed by atoms with Gasteiger partial charge in [0.1, 0.15) is 17.3 Å². The number of nitrogens with zero attached hydrogens (tertiary/aromatic N) is 3. The Morgan fingerprint density at radius 2 is 1.95 bits per heavy atom. The van der Waals surface area contributed by atoms with Gasteiger partial charge in [-0.1, -0.05) is 18.2 Å². The van der Waals surface area contributed by atoms with Crippen molar-refractivity contribution in [3.63, 3.8) is 0 Å². The van der Waals surface area contributed by atoms with Crippen LogP contribution in [0.15, 0.2) is 42.6 Å². The Bertz CT molecular complexity index is 794. The molecule has 0 aliphatic rings. The van der Waals surface area contributed by atoms with Gasteiger partial charge in [0, 0.05) is 18.8 Å². The highest BCUT2D eigenvalue weighted by molar-refractivity contribution is 5.86. The molecule has 0 spiro atoms. The molecule has 3 rings (SSSR count). The molecule has 0 saturated heterocycles. The molecular formula is C16H15FN4. The topological polar surface area (TPSA) is 56.7 Å². The zero-order chi connectivity index (χ0) is 15.0. The van der Waals surface area contributed by atoms with E-state index in [-0.39, 0.29) is 5.82 Å².